The van der Waals surface area contributed by atoms with Crippen LogP contribution in [0.2, 0.25) is 0 Å². The first-order valence-electron chi connectivity index (χ1n) is 9.44. The predicted molar refractivity (Wildman–Crippen MR) is 108 cm³/mol. The van der Waals surface area contributed by atoms with Crippen molar-refractivity contribution in [1.82, 2.24) is 0 Å². The summed E-state index contributed by atoms with van der Waals surface area (Å²) in [6.45, 7) is 8.72. The Labute approximate surface area is 161 Å². The Hall–Kier alpha value is -2.33. The topological polar surface area (TPSA) is 69.6 Å². The molecule has 1 unspecified atom stereocenters. The Morgan fingerprint density at radius 2 is 1.96 bits per heavy atom. The Bertz CT molecular complexity index is 854. The molecule has 3 N–H and O–H groups in total. The van der Waals surface area contributed by atoms with Gasteiger partial charge >= 0.3 is 5.97 Å². The van der Waals surface area contributed by atoms with Crippen LogP contribution in [0.15, 0.2) is 42.5 Å². The summed E-state index contributed by atoms with van der Waals surface area (Å²) < 4.78 is 0. The van der Waals surface area contributed by atoms with Crippen molar-refractivity contribution in [3.05, 3.63) is 64.7 Å². The molecule has 2 aromatic carbocycles. The van der Waals surface area contributed by atoms with E-state index < -0.39 is 5.97 Å². The van der Waals surface area contributed by atoms with E-state index in [2.05, 4.69) is 57.3 Å². The van der Waals surface area contributed by atoms with E-state index in [-0.39, 0.29) is 23.5 Å². The number of aliphatic hydroxyl groups excluding tert-OH is 1. The second-order valence-electron chi connectivity index (χ2n) is 9.16. The molecule has 0 aliphatic carbocycles. The summed E-state index contributed by atoms with van der Waals surface area (Å²) in [6, 6.07) is 14.0. The van der Waals surface area contributed by atoms with Crippen LogP contribution in [0.3, 0.4) is 0 Å². The lowest BCUT2D eigenvalue weighted by atomic mass is 9.72. The largest absolute Gasteiger partial charge is 0.478 e. The first-order chi connectivity index (χ1) is 12.6. The van der Waals surface area contributed by atoms with E-state index in [1.165, 1.54) is 11.1 Å². The number of benzene rings is 2. The van der Waals surface area contributed by atoms with Gasteiger partial charge in [0.15, 0.2) is 0 Å². The average Bonchev–Trinajstić information content (AvgIpc) is 2.59. The average molecular weight is 367 g/mol. The molecule has 1 heterocycles. The van der Waals surface area contributed by atoms with E-state index in [0.717, 1.165) is 24.1 Å². The number of hydrogen-bond donors (Lipinski definition) is 3. The molecule has 0 spiro atoms. The number of fused-ring (bicyclic) bond motifs is 1. The van der Waals surface area contributed by atoms with Gasteiger partial charge in [0.25, 0.3) is 0 Å². The molecule has 0 saturated heterocycles. The molecule has 0 aromatic heterocycles. The molecule has 4 nitrogen and oxygen atoms in total. The zero-order valence-corrected chi connectivity index (χ0v) is 16.5. The van der Waals surface area contributed by atoms with Gasteiger partial charge in [0, 0.05) is 12.3 Å². The monoisotopic (exact) mass is 367 g/mol. The van der Waals surface area contributed by atoms with Crippen molar-refractivity contribution in [2.45, 2.75) is 46.6 Å². The van der Waals surface area contributed by atoms with Gasteiger partial charge < -0.3 is 15.5 Å². The number of carboxylic acids is 1. The van der Waals surface area contributed by atoms with E-state index in [9.17, 15) is 15.0 Å². The minimum Gasteiger partial charge on any atom is -0.478 e. The van der Waals surface area contributed by atoms with Gasteiger partial charge in [-0.25, -0.2) is 4.79 Å². The van der Waals surface area contributed by atoms with E-state index in [4.69, 9.17) is 0 Å². The first kappa shape index (κ1) is 19.4. The van der Waals surface area contributed by atoms with Crippen LogP contribution < -0.4 is 5.32 Å². The summed E-state index contributed by atoms with van der Waals surface area (Å²) in [6.07, 6.45) is 1.64. The smallest absolute Gasteiger partial charge is 0.335 e. The van der Waals surface area contributed by atoms with Crippen molar-refractivity contribution in [2.75, 3.05) is 11.9 Å². The predicted octanol–water partition coefficient (Wildman–Crippen LogP) is 4.68. The van der Waals surface area contributed by atoms with Crippen LogP contribution in [0.25, 0.3) is 0 Å². The van der Waals surface area contributed by atoms with Crippen LogP contribution in [-0.2, 0) is 12.8 Å². The van der Waals surface area contributed by atoms with Gasteiger partial charge in [-0.15, -0.1) is 0 Å². The zero-order chi connectivity index (χ0) is 19.8. The Morgan fingerprint density at radius 3 is 2.63 bits per heavy atom. The molecule has 0 saturated carbocycles. The van der Waals surface area contributed by atoms with E-state index in [0.29, 0.717) is 5.56 Å². The number of nitrogens with one attached hydrogen (secondary N) is 1. The zero-order valence-electron chi connectivity index (χ0n) is 16.5. The van der Waals surface area contributed by atoms with Crippen LogP contribution in [0.5, 0.6) is 0 Å². The highest BCUT2D eigenvalue weighted by Gasteiger charge is 2.36. The number of aromatic carboxylic acids is 1. The summed E-state index contributed by atoms with van der Waals surface area (Å²) in [5.41, 5.74) is 4.62. The summed E-state index contributed by atoms with van der Waals surface area (Å²) in [7, 11) is 0. The lowest BCUT2D eigenvalue weighted by Crippen LogP contribution is -2.35. The normalized spacial score (nSPS) is 18.5. The van der Waals surface area contributed by atoms with Crippen molar-refractivity contribution < 1.29 is 15.0 Å². The summed E-state index contributed by atoms with van der Waals surface area (Å²) >= 11 is 0. The molecule has 1 aliphatic heterocycles. The maximum atomic E-state index is 11.3. The molecule has 4 heteroatoms. The standard InChI is InChI=1S/C23H29NO3/c1-22(2,14-25)12-15-6-5-7-16(10-15)20-23(3,4)13-18-11-17(21(26)27)8-9-19(18)24-20/h5-11,20,24-25H,12-14H2,1-4H3,(H,26,27). The van der Waals surface area contributed by atoms with Crippen molar-refractivity contribution in [3.63, 3.8) is 0 Å². The molecule has 144 valence electrons. The van der Waals surface area contributed by atoms with Gasteiger partial charge in [-0.05, 0) is 58.6 Å². The number of anilines is 1. The maximum Gasteiger partial charge on any atom is 0.335 e. The third kappa shape index (κ3) is 4.16. The quantitative estimate of drug-likeness (QED) is 0.717. The minimum absolute atomic E-state index is 0.0603. The highest BCUT2D eigenvalue weighted by atomic mass is 16.4. The molecule has 27 heavy (non-hydrogen) atoms. The van der Waals surface area contributed by atoms with E-state index in [1.807, 2.05) is 6.07 Å². The summed E-state index contributed by atoms with van der Waals surface area (Å²) in [5, 5.41) is 22.5. The number of hydrogen-bond acceptors (Lipinski definition) is 3. The third-order valence-electron chi connectivity index (χ3n) is 5.47. The van der Waals surface area contributed by atoms with Gasteiger partial charge in [-0.3, -0.25) is 0 Å². The van der Waals surface area contributed by atoms with Gasteiger partial charge in [-0.2, -0.15) is 0 Å². The maximum absolute atomic E-state index is 11.3. The molecule has 0 radical (unpaired) electrons. The first-order valence-corrected chi connectivity index (χ1v) is 9.44. The molecular weight excluding hydrogens is 338 g/mol. The highest BCUT2D eigenvalue weighted by molar-refractivity contribution is 5.88. The molecule has 0 amide bonds. The van der Waals surface area contributed by atoms with Crippen LogP contribution in [0.4, 0.5) is 5.69 Å². The number of carboxylic acid groups (broad SMARTS) is 1. The van der Waals surface area contributed by atoms with Crippen molar-refractivity contribution in [2.24, 2.45) is 10.8 Å². The van der Waals surface area contributed by atoms with Crippen molar-refractivity contribution in [1.29, 1.82) is 0 Å². The lowest BCUT2D eigenvalue weighted by molar-refractivity contribution is 0.0696. The summed E-state index contributed by atoms with van der Waals surface area (Å²) in [5.74, 6) is -0.892. The Morgan fingerprint density at radius 1 is 1.22 bits per heavy atom. The van der Waals surface area contributed by atoms with Crippen LogP contribution in [0.1, 0.15) is 60.8 Å². The SMILES string of the molecule is CC(C)(CO)Cc1cccc(C2Nc3ccc(C(=O)O)cc3CC2(C)C)c1. The number of aliphatic hydroxyl groups is 1. The third-order valence-corrected chi connectivity index (χ3v) is 5.47. The van der Waals surface area contributed by atoms with Crippen LogP contribution in [-0.4, -0.2) is 22.8 Å². The fourth-order valence-corrected chi connectivity index (χ4v) is 3.98. The summed E-state index contributed by atoms with van der Waals surface area (Å²) in [4.78, 5) is 11.3. The van der Waals surface area contributed by atoms with E-state index in [1.54, 1.807) is 12.1 Å². The van der Waals surface area contributed by atoms with Crippen LogP contribution in [0, 0.1) is 10.8 Å². The molecular formula is C23H29NO3. The van der Waals surface area contributed by atoms with Crippen molar-refractivity contribution >= 4 is 11.7 Å². The van der Waals surface area contributed by atoms with Gasteiger partial charge in [0.05, 0.1) is 11.6 Å². The second-order valence-corrected chi connectivity index (χ2v) is 9.16. The fraction of sp³-hybridized carbons (Fsp3) is 0.435. The van der Waals surface area contributed by atoms with E-state index >= 15 is 0 Å². The fourth-order valence-electron chi connectivity index (χ4n) is 3.98. The number of carbonyl (C=O) groups is 1. The molecule has 2 aromatic rings. The molecule has 1 aliphatic rings. The Balaban J connectivity index is 1.92. The van der Waals surface area contributed by atoms with Gasteiger partial charge in [-0.1, -0.05) is 52.0 Å². The second kappa shape index (κ2) is 7.01. The molecule has 0 fully saturated rings. The highest BCUT2D eigenvalue weighted by Crippen LogP contribution is 2.45. The molecule has 3 rings (SSSR count). The molecule has 0 bridgehead atoms. The van der Waals surface area contributed by atoms with Gasteiger partial charge in [0.1, 0.15) is 0 Å². The molecule has 1 atom stereocenters. The number of rotatable bonds is 5. The minimum atomic E-state index is -0.892. The van der Waals surface area contributed by atoms with Crippen LogP contribution >= 0.6 is 0 Å². The lowest BCUT2D eigenvalue weighted by Gasteiger charge is -2.41. The van der Waals surface area contributed by atoms with Gasteiger partial charge in [0.2, 0.25) is 0 Å². The Kier molecular flexibility index (Phi) is 5.04. The van der Waals surface area contributed by atoms with Crippen molar-refractivity contribution in [3.8, 4) is 0 Å².